The van der Waals surface area contributed by atoms with E-state index in [-0.39, 0.29) is 0 Å². The Morgan fingerprint density at radius 2 is 1.29 bits per heavy atom. The minimum atomic E-state index is -0.971. The predicted molar refractivity (Wildman–Crippen MR) is 79.7 cm³/mol. The molecule has 1 aliphatic heterocycles. The second-order valence-electron chi connectivity index (χ2n) is 8.55. The van der Waals surface area contributed by atoms with E-state index in [9.17, 15) is 15.3 Å². The Labute approximate surface area is 127 Å². The maximum absolute atomic E-state index is 9.83. The van der Waals surface area contributed by atoms with Crippen LogP contribution in [-0.4, -0.2) is 58.2 Å². The lowest BCUT2D eigenvalue weighted by Gasteiger charge is -2.57. The Balaban J connectivity index is 1.37. The van der Waals surface area contributed by atoms with E-state index in [4.69, 9.17) is 0 Å². The molecule has 4 bridgehead atoms. The smallest absolute Gasteiger partial charge is 0.108 e. The van der Waals surface area contributed by atoms with E-state index in [0.29, 0.717) is 18.5 Å². The van der Waals surface area contributed by atoms with Gasteiger partial charge in [-0.15, -0.1) is 0 Å². The molecule has 4 aliphatic carbocycles. The van der Waals surface area contributed by atoms with Gasteiger partial charge in [-0.05, 0) is 74.7 Å². The molecule has 0 spiro atoms. The summed E-state index contributed by atoms with van der Waals surface area (Å²) < 4.78 is 0. The fourth-order valence-electron chi connectivity index (χ4n) is 6.25. The van der Waals surface area contributed by atoms with E-state index < -0.39 is 18.3 Å². The minimum absolute atomic E-state index is 0.505. The van der Waals surface area contributed by atoms with Crippen LogP contribution in [0.15, 0.2) is 0 Å². The van der Waals surface area contributed by atoms with Crippen LogP contribution in [0.25, 0.3) is 0 Å². The highest BCUT2D eigenvalue weighted by Gasteiger charge is 2.50. The van der Waals surface area contributed by atoms with E-state index in [1.54, 1.807) is 0 Å². The van der Waals surface area contributed by atoms with Gasteiger partial charge in [0.15, 0.2) is 0 Å². The van der Waals surface area contributed by atoms with Crippen molar-refractivity contribution in [1.29, 1.82) is 0 Å². The lowest BCUT2D eigenvalue weighted by Crippen LogP contribution is -2.56. The fourth-order valence-corrected chi connectivity index (χ4v) is 6.25. The zero-order chi connectivity index (χ0) is 14.6. The molecule has 3 atom stereocenters. The standard InChI is InChI=1S/C17H29NO3/c19-14-9-18(10-15(20)16(14)21)2-1-17-6-11-3-12(7-17)5-13(4-11)8-17/h11-16,19-21H,1-10H2/t11?,12?,13?,14-,15+,16+,17?. The molecule has 1 saturated heterocycles. The minimum Gasteiger partial charge on any atom is -0.389 e. The number of β-amino-alcohol motifs (C(OH)–C–C–N with tert-alkyl or cyclic N) is 2. The van der Waals surface area contributed by atoms with Crippen LogP contribution < -0.4 is 0 Å². The summed E-state index contributed by atoms with van der Waals surface area (Å²) in [7, 11) is 0. The molecule has 21 heavy (non-hydrogen) atoms. The maximum Gasteiger partial charge on any atom is 0.108 e. The topological polar surface area (TPSA) is 63.9 Å². The summed E-state index contributed by atoms with van der Waals surface area (Å²) in [5.41, 5.74) is 0.556. The maximum atomic E-state index is 9.83. The molecule has 1 heterocycles. The van der Waals surface area contributed by atoms with Gasteiger partial charge in [0, 0.05) is 13.1 Å². The van der Waals surface area contributed by atoms with E-state index in [1.807, 2.05) is 0 Å². The lowest BCUT2D eigenvalue weighted by molar-refractivity contribution is -0.115. The summed E-state index contributed by atoms with van der Waals surface area (Å²) in [6, 6.07) is 0. The Kier molecular flexibility index (Phi) is 3.57. The van der Waals surface area contributed by atoms with Crippen molar-refractivity contribution in [2.45, 2.75) is 63.3 Å². The van der Waals surface area contributed by atoms with Crippen LogP contribution in [0.2, 0.25) is 0 Å². The Morgan fingerprint density at radius 1 is 0.810 bits per heavy atom. The Hall–Kier alpha value is -0.160. The molecule has 0 radical (unpaired) electrons. The van der Waals surface area contributed by atoms with Gasteiger partial charge in [-0.3, -0.25) is 4.90 Å². The third-order valence-corrected chi connectivity index (χ3v) is 6.80. The van der Waals surface area contributed by atoms with Crippen LogP contribution in [0.5, 0.6) is 0 Å². The van der Waals surface area contributed by atoms with Crippen molar-refractivity contribution in [3.8, 4) is 0 Å². The van der Waals surface area contributed by atoms with Gasteiger partial charge in [0.2, 0.25) is 0 Å². The van der Waals surface area contributed by atoms with Crippen LogP contribution in [0.1, 0.15) is 44.9 Å². The third kappa shape index (κ3) is 2.65. The van der Waals surface area contributed by atoms with Crippen molar-refractivity contribution >= 4 is 0 Å². The van der Waals surface area contributed by atoms with Gasteiger partial charge in [0.25, 0.3) is 0 Å². The van der Waals surface area contributed by atoms with Crippen LogP contribution in [0.3, 0.4) is 0 Å². The van der Waals surface area contributed by atoms with Gasteiger partial charge in [-0.25, -0.2) is 0 Å². The van der Waals surface area contributed by atoms with Gasteiger partial charge in [0.1, 0.15) is 6.10 Å². The summed E-state index contributed by atoms with van der Waals surface area (Å²) in [6.07, 6.45) is 7.33. The molecule has 0 unspecified atom stereocenters. The first-order valence-electron chi connectivity index (χ1n) is 8.79. The second kappa shape index (κ2) is 5.19. The first kappa shape index (κ1) is 14.4. The average molecular weight is 295 g/mol. The molecule has 4 heteroatoms. The highest BCUT2D eigenvalue weighted by atomic mass is 16.4. The number of rotatable bonds is 3. The van der Waals surface area contributed by atoms with Crippen molar-refractivity contribution in [1.82, 2.24) is 4.90 Å². The van der Waals surface area contributed by atoms with Gasteiger partial charge in [0.05, 0.1) is 12.2 Å². The molecule has 0 aromatic carbocycles. The first-order valence-corrected chi connectivity index (χ1v) is 8.79. The summed E-state index contributed by atoms with van der Waals surface area (Å²) in [6.45, 7) is 1.97. The molecule has 5 aliphatic rings. The number of piperidine rings is 1. The van der Waals surface area contributed by atoms with E-state index in [2.05, 4.69) is 4.90 Å². The summed E-state index contributed by atoms with van der Waals surface area (Å²) in [5.74, 6) is 2.95. The highest BCUT2D eigenvalue weighted by molar-refractivity contribution is 5.01. The SMILES string of the molecule is O[C@H]1[C@H](O)CN(CCC23CC4CC(CC(C4)C2)C3)C[C@@H]1O. The molecule has 0 aromatic rings. The van der Waals surface area contributed by atoms with Gasteiger partial charge < -0.3 is 15.3 Å². The van der Waals surface area contributed by atoms with Gasteiger partial charge in [-0.1, -0.05) is 0 Å². The average Bonchev–Trinajstić information content (AvgIpc) is 2.41. The van der Waals surface area contributed by atoms with Gasteiger partial charge >= 0.3 is 0 Å². The van der Waals surface area contributed by atoms with Crippen molar-refractivity contribution < 1.29 is 15.3 Å². The molecule has 4 saturated carbocycles. The Bertz CT molecular complexity index is 352. The number of aliphatic hydroxyl groups is 3. The van der Waals surface area contributed by atoms with Crippen molar-refractivity contribution in [3.63, 3.8) is 0 Å². The van der Waals surface area contributed by atoms with Gasteiger partial charge in [-0.2, -0.15) is 0 Å². The van der Waals surface area contributed by atoms with Crippen molar-refractivity contribution in [2.24, 2.45) is 23.2 Å². The number of hydrogen-bond acceptors (Lipinski definition) is 4. The van der Waals surface area contributed by atoms with E-state index in [0.717, 1.165) is 24.3 Å². The highest BCUT2D eigenvalue weighted by Crippen LogP contribution is 2.61. The molecule has 0 amide bonds. The molecule has 3 N–H and O–H groups in total. The second-order valence-corrected chi connectivity index (χ2v) is 8.55. The normalized spacial score (nSPS) is 53.3. The fraction of sp³-hybridized carbons (Fsp3) is 1.00. The number of aliphatic hydroxyl groups excluding tert-OH is 3. The van der Waals surface area contributed by atoms with E-state index >= 15 is 0 Å². The van der Waals surface area contributed by atoms with Crippen molar-refractivity contribution in [3.05, 3.63) is 0 Å². The quantitative estimate of drug-likeness (QED) is 0.726. The Morgan fingerprint density at radius 3 is 1.76 bits per heavy atom. The summed E-state index contributed by atoms with van der Waals surface area (Å²) in [4.78, 5) is 2.15. The van der Waals surface area contributed by atoms with E-state index in [1.165, 1.54) is 44.9 Å². The molecule has 120 valence electrons. The number of nitrogens with zero attached hydrogens (tertiary/aromatic N) is 1. The number of likely N-dealkylation sites (tertiary alicyclic amines) is 1. The summed E-state index contributed by atoms with van der Waals surface area (Å²) in [5, 5.41) is 29.3. The molecule has 4 nitrogen and oxygen atoms in total. The van der Waals surface area contributed by atoms with Crippen LogP contribution in [0.4, 0.5) is 0 Å². The van der Waals surface area contributed by atoms with Crippen LogP contribution in [0, 0.1) is 23.2 Å². The summed E-state index contributed by atoms with van der Waals surface area (Å²) >= 11 is 0. The molecular weight excluding hydrogens is 266 g/mol. The lowest BCUT2D eigenvalue weighted by atomic mass is 9.49. The molecule has 0 aromatic heterocycles. The molecule has 5 rings (SSSR count). The molecular formula is C17H29NO3. The predicted octanol–water partition coefficient (Wildman–Crippen LogP) is 0.991. The first-order chi connectivity index (χ1) is 10.0. The third-order valence-electron chi connectivity index (χ3n) is 6.80. The number of hydrogen-bond donors (Lipinski definition) is 3. The zero-order valence-corrected chi connectivity index (χ0v) is 12.8. The largest absolute Gasteiger partial charge is 0.389 e. The molecule has 5 fully saturated rings. The zero-order valence-electron chi connectivity index (χ0n) is 12.8. The monoisotopic (exact) mass is 295 g/mol. The van der Waals surface area contributed by atoms with Crippen molar-refractivity contribution in [2.75, 3.05) is 19.6 Å². The van der Waals surface area contributed by atoms with Crippen LogP contribution in [-0.2, 0) is 0 Å². The van der Waals surface area contributed by atoms with Crippen LogP contribution >= 0.6 is 0 Å².